The highest BCUT2D eigenvalue weighted by Gasteiger charge is 2.29. The minimum absolute atomic E-state index is 0.181. The van der Waals surface area contributed by atoms with Gasteiger partial charge >= 0.3 is 0 Å². The van der Waals surface area contributed by atoms with Crippen molar-refractivity contribution in [2.75, 3.05) is 24.7 Å². The lowest BCUT2D eigenvalue weighted by atomic mass is 10.2. The SMILES string of the molecule is Cc1cc2cc(Oc3ccnc(Nc4cccc(O[C@@H]5CCN(S(C)(=O)=O)C5)c4)n3)ccc2[nH]1. The molecule has 4 aromatic rings. The Morgan fingerprint density at radius 3 is 2.82 bits per heavy atom. The van der Waals surface area contributed by atoms with Crippen LogP contribution in [0, 0.1) is 6.92 Å². The summed E-state index contributed by atoms with van der Waals surface area (Å²) in [5, 5.41) is 4.24. The summed E-state index contributed by atoms with van der Waals surface area (Å²) in [6.45, 7) is 2.84. The van der Waals surface area contributed by atoms with Gasteiger partial charge in [0.15, 0.2) is 0 Å². The van der Waals surface area contributed by atoms with Crippen LogP contribution in [0.5, 0.6) is 17.4 Å². The molecule has 0 aliphatic carbocycles. The highest BCUT2D eigenvalue weighted by Crippen LogP contribution is 2.27. The van der Waals surface area contributed by atoms with Crippen LogP contribution in [0.15, 0.2) is 60.8 Å². The number of aromatic amines is 1. The lowest BCUT2D eigenvalue weighted by Gasteiger charge is -2.16. The molecule has 0 unspecified atom stereocenters. The van der Waals surface area contributed by atoms with Gasteiger partial charge in [0, 0.05) is 47.2 Å². The van der Waals surface area contributed by atoms with E-state index >= 15 is 0 Å². The van der Waals surface area contributed by atoms with E-state index in [9.17, 15) is 8.42 Å². The maximum Gasteiger partial charge on any atom is 0.230 e. The molecule has 2 N–H and O–H groups in total. The molecule has 1 atom stereocenters. The zero-order valence-corrected chi connectivity index (χ0v) is 19.7. The van der Waals surface area contributed by atoms with Crippen LogP contribution >= 0.6 is 0 Å². The number of H-pyrrole nitrogens is 1. The van der Waals surface area contributed by atoms with Crippen LogP contribution in [0.4, 0.5) is 11.6 Å². The number of aryl methyl sites for hydroxylation is 1. The van der Waals surface area contributed by atoms with Crippen LogP contribution in [-0.4, -0.2) is 53.1 Å². The van der Waals surface area contributed by atoms with Crippen LogP contribution in [0.3, 0.4) is 0 Å². The average Bonchev–Trinajstić information content (AvgIpc) is 3.40. The Balaban J connectivity index is 1.25. The van der Waals surface area contributed by atoms with Gasteiger partial charge in [-0.2, -0.15) is 9.29 Å². The molecule has 0 amide bonds. The van der Waals surface area contributed by atoms with Gasteiger partial charge in [-0.05, 0) is 49.7 Å². The van der Waals surface area contributed by atoms with Gasteiger partial charge in [-0.25, -0.2) is 13.4 Å². The monoisotopic (exact) mass is 479 g/mol. The molecule has 0 bridgehead atoms. The van der Waals surface area contributed by atoms with E-state index in [0.717, 1.165) is 22.3 Å². The van der Waals surface area contributed by atoms with Crippen molar-refractivity contribution in [2.24, 2.45) is 0 Å². The molecule has 3 heterocycles. The maximum absolute atomic E-state index is 11.7. The first kappa shape index (κ1) is 22.2. The standard InChI is InChI=1S/C24H25N5O4S/c1-16-12-17-13-20(6-7-22(17)26-16)33-23-8-10-25-24(28-23)27-18-4-3-5-19(14-18)32-21-9-11-29(15-21)34(2,30)31/h3-8,10,12-14,21,26H,9,11,15H2,1-2H3,(H,25,27,28)/t21-/m1/s1. The molecule has 0 spiro atoms. The molecule has 5 rings (SSSR count). The predicted octanol–water partition coefficient (Wildman–Crippen LogP) is 4.21. The first-order chi connectivity index (χ1) is 16.3. The van der Waals surface area contributed by atoms with E-state index in [0.29, 0.717) is 42.8 Å². The lowest BCUT2D eigenvalue weighted by Crippen LogP contribution is -2.29. The first-order valence-corrected chi connectivity index (χ1v) is 12.8. The fourth-order valence-electron chi connectivity index (χ4n) is 3.96. The van der Waals surface area contributed by atoms with E-state index in [4.69, 9.17) is 9.47 Å². The van der Waals surface area contributed by atoms with Gasteiger partial charge < -0.3 is 19.8 Å². The summed E-state index contributed by atoms with van der Waals surface area (Å²) in [7, 11) is -3.20. The molecule has 0 saturated carbocycles. The number of ether oxygens (including phenoxy) is 2. The molecule has 10 heteroatoms. The Morgan fingerprint density at radius 1 is 1.12 bits per heavy atom. The quantitative estimate of drug-likeness (QED) is 0.408. The fourth-order valence-corrected chi connectivity index (χ4v) is 4.84. The van der Waals surface area contributed by atoms with E-state index in [1.807, 2.05) is 49.4 Å². The Hall–Kier alpha value is -3.63. The van der Waals surface area contributed by atoms with E-state index in [1.165, 1.54) is 10.6 Å². The molecule has 1 fully saturated rings. The van der Waals surface area contributed by atoms with E-state index in [-0.39, 0.29) is 6.10 Å². The van der Waals surface area contributed by atoms with Crippen molar-refractivity contribution in [3.8, 4) is 17.4 Å². The summed E-state index contributed by atoms with van der Waals surface area (Å²) >= 11 is 0. The third-order valence-corrected chi connectivity index (χ3v) is 6.82. The molecule has 2 aromatic carbocycles. The van der Waals surface area contributed by atoms with E-state index in [2.05, 4.69) is 26.3 Å². The van der Waals surface area contributed by atoms with Crippen LogP contribution < -0.4 is 14.8 Å². The molecule has 2 aromatic heterocycles. The summed E-state index contributed by atoms with van der Waals surface area (Å²) in [6, 6.07) is 17.0. The minimum Gasteiger partial charge on any atom is -0.489 e. The van der Waals surface area contributed by atoms with Gasteiger partial charge in [0.2, 0.25) is 21.9 Å². The van der Waals surface area contributed by atoms with Gasteiger partial charge in [0.05, 0.1) is 12.8 Å². The Bertz CT molecular complexity index is 1440. The summed E-state index contributed by atoms with van der Waals surface area (Å²) in [5.74, 6) is 2.14. The van der Waals surface area contributed by atoms with Gasteiger partial charge in [-0.15, -0.1) is 0 Å². The molecule has 0 radical (unpaired) electrons. The first-order valence-electron chi connectivity index (χ1n) is 10.9. The second-order valence-electron chi connectivity index (χ2n) is 8.32. The van der Waals surface area contributed by atoms with Crippen molar-refractivity contribution in [1.82, 2.24) is 19.3 Å². The number of fused-ring (bicyclic) bond motifs is 1. The Labute approximate surface area is 197 Å². The second kappa shape index (κ2) is 8.96. The summed E-state index contributed by atoms with van der Waals surface area (Å²) < 4.78 is 36.8. The number of anilines is 2. The van der Waals surface area contributed by atoms with Crippen molar-refractivity contribution in [2.45, 2.75) is 19.4 Å². The van der Waals surface area contributed by atoms with Gasteiger partial charge in [-0.3, -0.25) is 0 Å². The predicted molar refractivity (Wildman–Crippen MR) is 130 cm³/mol. The van der Waals surface area contributed by atoms with Crippen LogP contribution in [-0.2, 0) is 10.0 Å². The van der Waals surface area contributed by atoms with E-state index < -0.39 is 10.0 Å². The van der Waals surface area contributed by atoms with Crippen LogP contribution in [0.2, 0.25) is 0 Å². The van der Waals surface area contributed by atoms with Gasteiger partial charge in [-0.1, -0.05) is 6.07 Å². The number of rotatable bonds is 7. The maximum atomic E-state index is 11.7. The third-order valence-electron chi connectivity index (χ3n) is 5.55. The molecular formula is C24H25N5O4S. The smallest absolute Gasteiger partial charge is 0.230 e. The number of nitrogens with zero attached hydrogens (tertiary/aromatic N) is 3. The zero-order valence-electron chi connectivity index (χ0n) is 18.9. The minimum atomic E-state index is -3.20. The van der Waals surface area contributed by atoms with Gasteiger partial charge in [0.25, 0.3) is 0 Å². The normalized spacial score (nSPS) is 16.6. The van der Waals surface area contributed by atoms with E-state index in [1.54, 1.807) is 12.3 Å². The lowest BCUT2D eigenvalue weighted by molar-refractivity contribution is 0.216. The van der Waals surface area contributed by atoms with Crippen LogP contribution in [0.25, 0.3) is 10.9 Å². The van der Waals surface area contributed by atoms with Crippen molar-refractivity contribution in [3.63, 3.8) is 0 Å². The Morgan fingerprint density at radius 2 is 2.00 bits per heavy atom. The molecular weight excluding hydrogens is 454 g/mol. The molecule has 1 aliphatic heterocycles. The number of sulfonamides is 1. The van der Waals surface area contributed by atoms with Crippen LogP contribution in [0.1, 0.15) is 12.1 Å². The molecule has 1 saturated heterocycles. The summed E-state index contributed by atoms with van der Waals surface area (Å²) in [6.07, 6.45) is 3.32. The number of nitrogens with one attached hydrogen (secondary N) is 2. The number of hydrogen-bond donors (Lipinski definition) is 2. The van der Waals surface area contributed by atoms with Crippen molar-refractivity contribution in [1.29, 1.82) is 0 Å². The summed E-state index contributed by atoms with van der Waals surface area (Å²) in [5.41, 5.74) is 2.89. The summed E-state index contributed by atoms with van der Waals surface area (Å²) in [4.78, 5) is 12.0. The number of hydrogen-bond acceptors (Lipinski definition) is 7. The zero-order chi connectivity index (χ0) is 23.7. The largest absolute Gasteiger partial charge is 0.489 e. The highest BCUT2D eigenvalue weighted by molar-refractivity contribution is 7.88. The highest BCUT2D eigenvalue weighted by atomic mass is 32.2. The second-order valence-corrected chi connectivity index (χ2v) is 10.3. The van der Waals surface area contributed by atoms with Gasteiger partial charge in [0.1, 0.15) is 17.6 Å². The average molecular weight is 480 g/mol. The third kappa shape index (κ3) is 5.13. The topological polar surface area (TPSA) is 109 Å². The van der Waals surface area contributed by atoms with Crippen molar-refractivity contribution < 1.29 is 17.9 Å². The van der Waals surface area contributed by atoms with Crippen molar-refractivity contribution >= 4 is 32.6 Å². The molecule has 9 nitrogen and oxygen atoms in total. The molecule has 176 valence electrons. The number of aromatic nitrogens is 3. The Kier molecular flexibility index (Phi) is 5.84. The fraction of sp³-hybridized carbons (Fsp3) is 0.250. The van der Waals surface area contributed by atoms with Crippen molar-refractivity contribution in [3.05, 3.63) is 66.5 Å². The molecule has 1 aliphatic rings. The molecule has 34 heavy (non-hydrogen) atoms. The number of benzene rings is 2.